The van der Waals surface area contributed by atoms with Gasteiger partial charge >= 0.3 is 6.09 Å². The highest BCUT2D eigenvalue weighted by Gasteiger charge is 2.18. The van der Waals surface area contributed by atoms with Crippen LogP contribution >= 0.6 is 11.8 Å². The molecule has 1 heterocycles. The van der Waals surface area contributed by atoms with Gasteiger partial charge < -0.3 is 10.1 Å². The normalized spacial score (nSPS) is 14.7. The summed E-state index contributed by atoms with van der Waals surface area (Å²) in [6.45, 7) is 4.31. The van der Waals surface area contributed by atoms with Gasteiger partial charge in [-0.1, -0.05) is 19.9 Å². The van der Waals surface area contributed by atoms with Gasteiger partial charge in [0.25, 0.3) is 0 Å². The van der Waals surface area contributed by atoms with Gasteiger partial charge in [0.2, 0.25) is 0 Å². The lowest BCUT2D eigenvalue weighted by Gasteiger charge is -2.15. The molecule has 0 spiro atoms. The van der Waals surface area contributed by atoms with E-state index in [4.69, 9.17) is 4.74 Å². The average molecular weight is 327 g/mol. The highest BCUT2D eigenvalue weighted by atomic mass is 32.2. The van der Waals surface area contributed by atoms with Crippen LogP contribution in [0.3, 0.4) is 0 Å². The summed E-state index contributed by atoms with van der Waals surface area (Å²) in [5.41, 5.74) is 0.653. The molecule has 0 saturated carbocycles. The average Bonchev–Trinajstić information content (AvgIpc) is 2.45. The second-order valence-corrected chi connectivity index (χ2v) is 6.63. The number of nitrogens with one attached hydrogen (secondary N) is 1. The Hall–Kier alpha value is -1.56. The van der Waals surface area contributed by atoms with Crippen molar-refractivity contribution < 1.29 is 18.3 Å². The molecular weight excluding hydrogens is 308 g/mol. The molecule has 1 N–H and O–H groups in total. The fourth-order valence-corrected chi connectivity index (χ4v) is 2.95. The zero-order valence-corrected chi connectivity index (χ0v) is 13.4. The molecule has 120 valence electrons. The number of halogens is 2. The fraction of sp³-hybridized carbons (Fsp3) is 0.438. The van der Waals surface area contributed by atoms with Crippen molar-refractivity contribution in [3.8, 4) is 5.75 Å². The van der Waals surface area contributed by atoms with E-state index < -0.39 is 17.7 Å². The first-order valence-corrected chi connectivity index (χ1v) is 8.34. The predicted molar refractivity (Wildman–Crippen MR) is 85.1 cm³/mol. The van der Waals surface area contributed by atoms with Crippen LogP contribution in [0.25, 0.3) is 5.57 Å². The first-order chi connectivity index (χ1) is 10.5. The molecule has 2 rings (SSSR count). The highest BCUT2D eigenvalue weighted by Crippen LogP contribution is 2.31. The lowest BCUT2D eigenvalue weighted by Crippen LogP contribution is -2.30. The molecule has 0 aliphatic carbocycles. The van der Waals surface area contributed by atoms with Crippen LogP contribution in [0, 0.1) is 17.6 Å². The smallest absolute Gasteiger partial charge is 0.410 e. The Kier molecular flexibility index (Phi) is 5.83. The van der Waals surface area contributed by atoms with Gasteiger partial charge in [-0.2, -0.15) is 11.8 Å². The first kappa shape index (κ1) is 16.8. The van der Waals surface area contributed by atoms with E-state index in [-0.39, 0.29) is 17.2 Å². The monoisotopic (exact) mass is 327 g/mol. The Labute approximate surface area is 133 Å². The third-order valence-corrected chi connectivity index (χ3v) is 4.06. The third-order valence-electron chi connectivity index (χ3n) is 3.17. The highest BCUT2D eigenvalue weighted by molar-refractivity contribution is 7.99. The zero-order valence-electron chi connectivity index (χ0n) is 12.6. The number of allylic oxidation sites excluding steroid dienone is 1. The van der Waals surface area contributed by atoms with Crippen molar-refractivity contribution in [1.82, 2.24) is 5.32 Å². The zero-order chi connectivity index (χ0) is 16.1. The van der Waals surface area contributed by atoms with Gasteiger partial charge in [0, 0.05) is 30.0 Å². The van der Waals surface area contributed by atoms with Gasteiger partial charge in [0.05, 0.1) is 0 Å². The second-order valence-electron chi connectivity index (χ2n) is 5.48. The number of carbonyl (C=O) groups excluding carboxylic acids is 1. The Morgan fingerprint density at radius 2 is 2.05 bits per heavy atom. The summed E-state index contributed by atoms with van der Waals surface area (Å²) in [6.07, 6.45) is 1.76. The van der Waals surface area contributed by atoms with Crippen LogP contribution in [0.4, 0.5) is 13.6 Å². The van der Waals surface area contributed by atoms with Crippen molar-refractivity contribution in [3.63, 3.8) is 0 Å². The Morgan fingerprint density at radius 1 is 1.36 bits per heavy atom. The van der Waals surface area contributed by atoms with Gasteiger partial charge in [-0.05, 0) is 23.7 Å². The maximum atomic E-state index is 14.2. The molecule has 0 fully saturated rings. The van der Waals surface area contributed by atoms with Crippen molar-refractivity contribution in [2.45, 2.75) is 20.3 Å². The topological polar surface area (TPSA) is 38.3 Å². The van der Waals surface area contributed by atoms with E-state index in [2.05, 4.69) is 5.32 Å². The number of hydrogen-bond donors (Lipinski definition) is 1. The van der Waals surface area contributed by atoms with E-state index in [0.717, 1.165) is 23.6 Å². The van der Waals surface area contributed by atoms with E-state index >= 15 is 0 Å². The largest absolute Gasteiger partial charge is 0.412 e. The summed E-state index contributed by atoms with van der Waals surface area (Å²) < 4.78 is 33.2. The molecule has 1 amide bonds. The number of thioether (sulfide) groups is 1. The fourth-order valence-electron chi connectivity index (χ4n) is 2.10. The van der Waals surface area contributed by atoms with Gasteiger partial charge in [-0.3, -0.25) is 0 Å². The Balaban J connectivity index is 2.12. The van der Waals surface area contributed by atoms with E-state index in [9.17, 15) is 13.6 Å². The number of benzene rings is 1. The number of carbonyl (C=O) groups is 1. The number of hydrogen-bond acceptors (Lipinski definition) is 3. The first-order valence-electron chi connectivity index (χ1n) is 7.19. The lowest BCUT2D eigenvalue weighted by molar-refractivity contribution is 0.198. The second kappa shape index (κ2) is 7.63. The van der Waals surface area contributed by atoms with Crippen molar-refractivity contribution in [1.29, 1.82) is 0 Å². The molecule has 0 unspecified atom stereocenters. The minimum absolute atomic E-state index is 0.0183. The molecule has 0 bridgehead atoms. The van der Waals surface area contributed by atoms with E-state index in [1.54, 1.807) is 11.8 Å². The molecule has 1 aliphatic heterocycles. The molecule has 0 aromatic heterocycles. The van der Waals surface area contributed by atoms with Crippen LogP contribution in [0.15, 0.2) is 18.2 Å². The third kappa shape index (κ3) is 4.47. The number of ether oxygens (including phenoxy) is 1. The minimum Gasteiger partial charge on any atom is -0.410 e. The molecule has 1 aliphatic rings. The molecule has 6 heteroatoms. The van der Waals surface area contributed by atoms with Gasteiger partial charge in [0.15, 0.2) is 0 Å². The summed E-state index contributed by atoms with van der Waals surface area (Å²) in [5, 5.41) is 2.53. The van der Waals surface area contributed by atoms with Crippen LogP contribution in [0.1, 0.15) is 25.8 Å². The summed E-state index contributed by atoms with van der Waals surface area (Å²) in [6, 6.07) is 2.10. The van der Waals surface area contributed by atoms with Crippen molar-refractivity contribution in [2.24, 2.45) is 5.92 Å². The molecule has 0 radical (unpaired) electrons. The molecule has 0 atom stereocenters. The van der Waals surface area contributed by atoms with Gasteiger partial charge in [-0.25, -0.2) is 13.6 Å². The van der Waals surface area contributed by atoms with E-state index in [1.807, 2.05) is 19.9 Å². The lowest BCUT2D eigenvalue weighted by atomic mass is 10.0. The Morgan fingerprint density at radius 3 is 2.59 bits per heavy atom. The molecule has 22 heavy (non-hydrogen) atoms. The summed E-state index contributed by atoms with van der Waals surface area (Å²) in [5.74, 6) is 0.324. The maximum Gasteiger partial charge on any atom is 0.412 e. The van der Waals surface area contributed by atoms with E-state index in [1.165, 1.54) is 0 Å². The van der Waals surface area contributed by atoms with Gasteiger partial charge in [-0.15, -0.1) is 0 Å². The molecule has 3 nitrogen and oxygen atoms in total. The van der Waals surface area contributed by atoms with Crippen molar-refractivity contribution >= 4 is 23.4 Å². The molecule has 1 aromatic carbocycles. The summed E-state index contributed by atoms with van der Waals surface area (Å²) in [4.78, 5) is 11.5. The number of amides is 1. The van der Waals surface area contributed by atoms with Crippen LogP contribution in [-0.4, -0.2) is 24.1 Å². The predicted octanol–water partition coefficient (Wildman–Crippen LogP) is 4.23. The number of rotatable bonds is 4. The van der Waals surface area contributed by atoms with Crippen LogP contribution in [-0.2, 0) is 0 Å². The van der Waals surface area contributed by atoms with Crippen molar-refractivity contribution in [3.05, 3.63) is 35.4 Å². The molecular formula is C16H19F2NO2S. The molecule has 1 aromatic rings. The van der Waals surface area contributed by atoms with Gasteiger partial charge in [0.1, 0.15) is 17.4 Å². The quantitative estimate of drug-likeness (QED) is 0.899. The van der Waals surface area contributed by atoms with Crippen molar-refractivity contribution in [2.75, 3.05) is 18.1 Å². The summed E-state index contributed by atoms with van der Waals surface area (Å²) >= 11 is 1.73. The summed E-state index contributed by atoms with van der Waals surface area (Å²) in [7, 11) is 0. The minimum atomic E-state index is -0.714. The van der Waals surface area contributed by atoms with E-state index in [0.29, 0.717) is 18.5 Å². The van der Waals surface area contributed by atoms with Crippen LogP contribution < -0.4 is 10.1 Å². The molecule has 0 saturated heterocycles. The maximum absolute atomic E-state index is 14.2. The van der Waals surface area contributed by atoms with Crippen LogP contribution in [0.5, 0.6) is 5.75 Å². The standard InChI is InChI=1S/C16H19F2NO2S/c1-10(2)9-19-16(20)21-12-7-13(17)15(14(18)8-12)11-3-5-22-6-4-11/h3,7-8,10H,4-6,9H2,1-2H3,(H,19,20). The SMILES string of the molecule is CC(C)CNC(=O)Oc1cc(F)c(C2=CCSCC2)c(F)c1. The Bertz CT molecular complexity index is 565. The van der Waals surface area contributed by atoms with Crippen LogP contribution in [0.2, 0.25) is 0 Å².